The Hall–Kier alpha value is -2.14. The first-order valence-electron chi connectivity index (χ1n) is 8.33. The molecule has 0 aliphatic carbocycles. The van der Waals surface area contributed by atoms with Gasteiger partial charge in [0.2, 0.25) is 5.95 Å². The molecule has 1 aliphatic rings. The fraction of sp³-hybridized carbons (Fsp3) is 0.389. The maximum atomic E-state index is 12.3. The molecule has 3 rings (SSSR count). The third-order valence-corrected chi connectivity index (χ3v) is 4.61. The first-order valence-corrected chi connectivity index (χ1v) is 8.71. The van der Waals surface area contributed by atoms with Gasteiger partial charge in [-0.1, -0.05) is 18.5 Å². The molecular formula is C18H21ClN4O. The standard InChI is InChI=1S/C18H21ClN4O/c1-2-16-5-3-4-10-23(16)18-20-11-13(12-21-18)17(24)22-15-8-6-14(19)7-9-15/h6-9,11-12,16H,2-5,10H2,1H3,(H,22,24). The van der Waals surface area contributed by atoms with Gasteiger partial charge in [-0.15, -0.1) is 0 Å². The lowest BCUT2D eigenvalue weighted by molar-refractivity contribution is 0.102. The molecule has 0 spiro atoms. The van der Waals surface area contributed by atoms with Gasteiger partial charge in [0.25, 0.3) is 5.91 Å². The molecule has 1 fully saturated rings. The van der Waals surface area contributed by atoms with Crippen LogP contribution in [0.3, 0.4) is 0 Å². The number of nitrogens with zero attached hydrogens (tertiary/aromatic N) is 3. The second-order valence-electron chi connectivity index (χ2n) is 5.98. The van der Waals surface area contributed by atoms with Crippen molar-refractivity contribution in [3.8, 4) is 0 Å². The maximum absolute atomic E-state index is 12.3. The summed E-state index contributed by atoms with van der Waals surface area (Å²) in [4.78, 5) is 23.3. The van der Waals surface area contributed by atoms with Crippen molar-refractivity contribution >= 4 is 29.1 Å². The molecule has 0 saturated carbocycles. The van der Waals surface area contributed by atoms with Crippen LogP contribution in [0.2, 0.25) is 5.02 Å². The number of carbonyl (C=O) groups is 1. The fourth-order valence-electron chi connectivity index (χ4n) is 3.01. The summed E-state index contributed by atoms with van der Waals surface area (Å²) < 4.78 is 0. The van der Waals surface area contributed by atoms with Crippen LogP contribution >= 0.6 is 11.6 Å². The highest BCUT2D eigenvalue weighted by atomic mass is 35.5. The highest BCUT2D eigenvalue weighted by Gasteiger charge is 2.23. The normalized spacial score (nSPS) is 17.6. The molecule has 24 heavy (non-hydrogen) atoms. The lowest BCUT2D eigenvalue weighted by atomic mass is 10.0. The van der Waals surface area contributed by atoms with Crippen molar-refractivity contribution in [2.45, 2.75) is 38.6 Å². The first kappa shape index (κ1) is 16.7. The lowest BCUT2D eigenvalue weighted by Crippen LogP contribution is -2.40. The predicted octanol–water partition coefficient (Wildman–Crippen LogP) is 4.15. The van der Waals surface area contributed by atoms with Crippen LogP contribution in [-0.4, -0.2) is 28.5 Å². The van der Waals surface area contributed by atoms with Crippen molar-refractivity contribution < 1.29 is 4.79 Å². The van der Waals surface area contributed by atoms with Gasteiger partial charge in [0, 0.05) is 35.7 Å². The smallest absolute Gasteiger partial charge is 0.258 e. The average molecular weight is 345 g/mol. The van der Waals surface area contributed by atoms with Crippen LogP contribution in [0.15, 0.2) is 36.7 Å². The van der Waals surface area contributed by atoms with E-state index in [1.807, 2.05) is 0 Å². The minimum Gasteiger partial charge on any atom is -0.338 e. The maximum Gasteiger partial charge on any atom is 0.258 e. The van der Waals surface area contributed by atoms with Gasteiger partial charge in [-0.2, -0.15) is 0 Å². The SMILES string of the molecule is CCC1CCCCN1c1ncc(C(=O)Nc2ccc(Cl)cc2)cn1. The molecule has 1 N–H and O–H groups in total. The number of halogens is 1. The summed E-state index contributed by atoms with van der Waals surface area (Å²) in [6, 6.07) is 7.48. The summed E-state index contributed by atoms with van der Waals surface area (Å²) in [5.41, 5.74) is 1.13. The first-order chi connectivity index (χ1) is 11.7. The zero-order valence-electron chi connectivity index (χ0n) is 13.7. The van der Waals surface area contributed by atoms with Gasteiger partial charge in [0.15, 0.2) is 0 Å². The van der Waals surface area contributed by atoms with Gasteiger partial charge in [0.1, 0.15) is 0 Å². The van der Waals surface area contributed by atoms with E-state index in [0.717, 1.165) is 13.0 Å². The van der Waals surface area contributed by atoms with Crippen molar-refractivity contribution in [1.29, 1.82) is 0 Å². The van der Waals surface area contributed by atoms with E-state index in [1.165, 1.54) is 19.3 Å². The van der Waals surface area contributed by atoms with Crippen molar-refractivity contribution in [2.75, 3.05) is 16.8 Å². The Morgan fingerprint density at radius 1 is 1.25 bits per heavy atom. The topological polar surface area (TPSA) is 58.1 Å². The van der Waals surface area contributed by atoms with Crippen molar-refractivity contribution in [3.63, 3.8) is 0 Å². The van der Waals surface area contributed by atoms with Gasteiger partial charge in [-0.3, -0.25) is 4.79 Å². The molecular weight excluding hydrogens is 324 g/mol. The molecule has 1 aromatic heterocycles. The van der Waals surface area contributed by atoms with E-state index in [4.69, 9.17) is 11.6 Å². The lowest BCUT2D eigenvalue weighted by Gasteiger charge is -2.35. The van der Waals surface area contributed by atoms with Gasteiger partial charge >= 0.3 is 0 Å². The summed E-state index contributed by atoms with van der Waals surface area (Å²) >= 11 is 5.84. The summed E-state index contributed by atoms with van der Waals surface area (Å²) in [6.07, 6.45) is 7.87. The molecule has 1 aliphatic heterocycles. The number of aromatic nitrogens is 2. The Morgan fingerprint density at radius 2 is 1.96 bits per heavy atom. The molecule has 0 radical (unpaired) electrons. The van der Waals surface area contributed by atoms with Gasteiger partial charge in [0.05, 0.1) is 5.56 Å². The highest BCUT2D eigenvalue weighted by Crippen LogP contribution is 2.23. The second kappa shape index (κ2) is 7.62. The van der Waals surface area contributed by atoms with E-state index in [9.17, 15) is 4.79 Å². The second-order valence-corrected chi connectivity index (χ2v) is 6.42. The Kier molecular flexibility index (Phi) is 5.30. The Bertz CT molecular complexity index is 687. The van der Waals surface area contributed by atoms with Crippen molar-refractivity contribution in [1.82, 2.24) is 9.97 Å². The molecule has 6 heteroatoms. The average Bonchev–Trinajstić information content (AvgIpc) is 2.63. The van der Waals surface area contributed by atoms with Gasteiger partial charge in [-0.25, -0.2) is 9.97 Å². The summed E-state index contributed by atoms with van der Waals surface area (Å²) in [6.45, 7) is 3.17. The number of nitrogens with one attached hydrogen (secondary N) is 1. The fourth-order valence-corrected chi connectivity index (χ4v) is 3.14. The van der Waals surface area contributed by atoms with E-state index in [2.05, 4.69) is 27.1 Å². The Labute approximate surface area is 147 Å². The molecule has 2 heterocycles. The number of hydrogen-bond donors (Lipinski definition) is 1. The van der Waals surface area contributed by atoms with Crippen LogP contribution in [-0.2, 0) is 0 Å². The van der Waals surface area contributed by atoms with Crippen LogP contribution in [0.5, 0.6) is 0 Å². The zero-order chi connectivity index (χ0) is 16.9. The van der Waals surface area contributed by atoms with E-state index < -0.39 is 0 Å². The Balaban J connectivity index is 1.69. The van der Waals surface area contributed by atoms with Crippen molar-refractivity contribution in [2.24, 2.45) is 0 Å². The van der Waals surface area contributed by atoms with Crippen LogP contribution in [0, 0.1) is 0 Å². The number of rotatable bonds is 4. The third kappa shape index (κ3) is 3.85. The monoisotopic (exact) mass is 344 g/mol. The molecule has 0 bridgehead atoms. The number of piperidine rings is 1. The summed E-state index contributed by atoms with van der Waals surface area (Å²) in [5.74, 6) is 0.485. The van der Waals surface area contributed by atoms with Crippen LogP contribution in [0.25, 0.3) is 0 Å². The molecule has 1 saturated heterocycles. The van der Waals surface area contributed by atoms with E-state index in [1.54, 1.807) is 36.7 Å². The quantitative estimate of drug-likeness (QED) is 0.905. The van der Waals surface area contributed by atoms with Gasteiger partial charge in [-0.05, 0) is 49.9 Å². The number of anilines is 2. The molecule has 5 nitrogen and oxygen atoms in total. The predicted molar refractivity (Wildman–Crippen MR) is 96.7 cm³/mol. The van der Waals surface area contributed by atoms with E-state index in [0.29, 0.717) is 28.3 Å². The summed E-state index contributed by atoms with van der Waals surface area (Å²) in [7, 11) is 0. The van der Waals surface area contributed by atoms with Crippen LogP contribution in [0.1, 0.15) is 43.0 Å². The Morgan fingerprint density at radius 3 is 2.62 bits per heavy atom. The minimum atomic E-state index is -0.227. The highest BCUT2D eigenvalue weighted by molar-refractivity contribution is 6.30. The third-order valence-electron chi connectivity index (χ3n) is 4.36. The largest absolute Gasteiger partial charge is 0.338 e. The van der Waals surface area contributed by atoms with Crippen LogP contribution < -0.4 is 10.2 Å². The molecule has 2 aromatic rings. The minimum absolute atomic E-state index is 0.227. The van der Waals surface area contributed by atoms with Gasteiger partial charge < -0.3 is 10.2 Å². The number of amides is 1. The molecule has 1 atom stereocenters. The number of carbonyl (C=O) groups excluding carboxylic acids is 1. The van der Waals surface area contributed by atoms with Crippen molar-refractivity contribution in [3.05, 3.63) is 47.2 Å². The van der Waals surface area contributed by atoms with E-state index in [-0.39, 0.29) is 5.91 Å². The zero-order valence-corrected chi connectivity index (χ0v) is 14.5. The number of hydrogen-bond acceptors (Lipinski definition) is 4. The molecule has 1 aromatic carbocycles. The molecule has 1 amide bonds. The summed E-state index contributed by atoms with van der Waals surface area (Å²) in [5, 5.41) is 3.45. The van der Waals surface area contributed by atoms with Crippen LogP contribution in [0.4, 0.5) is 11.6 Å². The molecule has 1 unspecified atom stereocenters. The number of benzene rings is 1. The van der Waals surface area contributed by atoms with E-state index >= 15 is 0 Å². The molecule has 126 valence electrons.